The van der Waals surface area contributed by atoms with Crippen LogP contribution >= 0.6 is 0 Å². The molecule has 0 atom stereocenters. The van der Waals surface area contributed by atoms with E-state index in [1.807, 2.05) is 24.3 Å². The van der Waals surface area contributed by atoms with Crippen molar-refractivity contribution in [3.05, 3.63) is 105 Å². The molecule has 0 bridgehead atoms. The van der Waals surface area contributed by atoms with Gasteiger partial charge in [0.15, 0.2) is 22.7 Å². The molecule has 0 saturated heterocycles. The number of aromatic hydroxyl groups is 4. The van der Waals surface area contributed by atoms with E-state index >= 15 is 0 Å². The summed E-state index contributed by atoms with van der Waals surface area (Å²) < 4.78 is 21.6. The van der Waals surface area contributed by atoms with Gasteiger partial charge in [0.1, 0.15) is 34.2 Å². The first-order valence-electron chi connectivity index (χ1n) is 12.5. The summed E-state index contributed by atoms with van der Waals surface area (Å²) in [5.74, 6) is 0.251. The highest BCUT2D eigenvalue weighted by molar-refractivity contribution is 5.83. The van der Waals surface area contributed by atoms with E-state index in [1.165, 1.54) is 36.4 Å². The van der Waals surface area contributed by atoms with Crippen LogP contribution in [0.15, 0.2) is 103 Å². The van der Waals surface area contributed by atoms with Gasteiger partial charge in [0, 0.05) is 29.3 Å². The van der Waals surface area contributed by atoms with Crippen molar-refractivity contribution in [1.29, 1.82) is 0 Å². The van der Waals surface area contributed by atoms with Crippen LogP contribution in [0.5, 0.6) is 34.5 Å². The second-order valence-electron chi connectivity index (χ2n) is 9.06. The zero-order valence-electron chi connectivity index (χ0n) is 22.3. The number of phenols is 3. The van der Waals surface area contributed by atoms with Crippen molar-refractivity contribution in [1.82, 2.24) is 0 Å². The van der Waals surface area contributed by atoms with E-state index in [9.17, 15) is 30.0 Å². The number of hydrogen-bond donors (Lipinski definition) is 4. The van der Waals surface area contributed by atoms with Crippen LogP contribution in [0.2, 0.25) is 0 Å². The predicted molar refractivity (Wildman–Crippen MR) is 156 cm³/mol. The highest BCUT2D eigenvalue weighted by Gasteiger charge is 2.17. The van der Waals surface area contributed by atoms with Crippen LogP contribution in [0.25, 0.3) is 44.6 Å². The lowest BCUT2D eigenvalue weighted by Crippen LogP contribution is -2.02. The molecular weight excluding hydrogens is 544 g/mol. The van der Waals surface area contributed by atoms with Crippen LogP contribution < -0.4 is 20.3 Å². The minimum atomic E-state index is -0.654. The molecule has 10 nitrogen and oxygen atoms in total. The van der Waals surface area contributed by atoms with Gasteiger partial charge in [0.05, 0.1) is 25.0 Å². The number of hydrogen-bond acceptors (Lipinski definition) is 10. The molecule has 212 valence electrons. The Hall–Kier alpha value is -5.90. The molecule has 0 aliphatic heterocycles. The van der Waals surface area contributed by atoms with E-state index in [-0.39, 0.29) is 39.2 Å². The Morgan fingerprint density at radius 2 is 1.33 bits per heavy atom. The van der Waals surface area contributed by atoms with Crippen LogP contribution in [-0.2, 0) is 0 Å². The fourth-order valence-corrected chi connectivity index (χ4v) is 4.21. The van der Waals surface area contributed by atoms with Gasteiger partial charge >= 0.3 is 0 Å². The molecule has 2 aromatic heterocycles. The molecule has 0 amide bonds. The number of phenolic OH excluding ortho intramolecular Hbond substituents is 3. The average Bonchev–Trinajstić information content (AvgIpc) is 3.00. The van der Waals surface area contributed by atoms with Crippen molar-refractivity contribution in [2.45, 2.75) is 0 Å². The summed E-state index contributed by atoms with van der Waals surface area (Å²) in [5.41, 5.74) is 0.858. The molecule has 0 spiro atoms. The Morgan fingerprint density at radius 3 is 2.07 bits per heavy atom. The third kappa shape index (κ3) is 5.41. The second kappa shape index (κ2) is 11.3. The molecule has 2 heterocycles. The summed E-state index contributed by atoms with van der Waals surface area (Å²) in [6, 6.07) is 21.7. The van der Waals surface area contributed by atoms with E-state index in [0.29, 0.717) is 28.2 Å². The van der Waals surface area contributed by atoms with E-state index in [2.05, 4.69) is 0 Å². The third-order valence-corrected chi connectivity index (χ3v) is 6.38. The molecule has 0 saturated carbocycles. The molecule has 0 unspecified atom stereocenters. The summed E-state index contributed by atoms with van der Waals surface area (Å²) in [4.78, 5) is 24.3. The number of benzene rings is 4. The fourth-order valence-electron chi connectivity index (χ4n) is 4.21. The number of fused-ring (bicyclic) bond motifs is 2. The standard InChI is InChI=1S/C17H14O4.C15H10O6/c1-19-12-5-3-4-11(8-12)16-10-15(18)14-7-6-13(20-2)9-17(14)21-16;16-8-2-3-9-12(6-8)21-15(14(20)13(9)19)7-1-4-10(17)11(18)5-7/h3-10H,1-2H3;1-6,16-18,20H. The van der Waals surface area contributed by atoms with Crippen LogP contribution in [0.4, 0.5) is 0 Å². The van der Waals surface area contributed by atoms with Gasteiger partial charge in [-0.25, -0.2) is 0 Å². The molecule has 42 heavy (non-hydrogen) atoms. The molecule has 6 rings (SSSR count). The quantitative estimate of drug-likeness (QED) is 0.193. The van der Waals surface area contributed by atoms with Crippen molar-refractivity contribution >= 4 is 21.9 Å². The monoisotopic (exact) mass is 568 g/mol. The zero-order valence-corrected chi connectivity index (χ0v) is 22.3. The molecule has 0 fully saturated rings. The summed E-state index contributed by atoms with van der Waals surface area (Å²) in [5, 5.41) is 38.8. The van der Waals surface area contributed by atoms with Crippen LogP contribution in [0, 0.1) is 0 Å². The largest absolute Gasteiger partial charge is 0.508 e. The van der Waals surface area contributed by atoms with E-state index in [0.717, 1.165) is 11.6 Å². The van der Waals surface area contributed by atoms with Gasteiger partial charge in [-0.1, -0.05) is 12.1 Å². The molecule has 0 radical (unpaired) electrons. The van der Waals surface area contributed by atoms with Gasteiger partial charge in [-0.3, -0.25) is 9.59 Å². The van der Waals surface area contributed by atoms with Crippen molar-refractivity contribution in [3.63, 3.8) is 0 Å². The SMILES string of the molecule is COc1cccc(-c2cc(=O)c3ccc(OC)cc3o2)c1.O=c1c(O)c(-c2ccc(O)c(O)c2)oc2cc(O)ccc12. The lowest BCUT2D eigenvalue weighted by molar-refractivity contribution is 0.403. The minimum Gasteiger partial charge on any atom is -0.508 e. The van der Waals surface area contributed by atoms with Gasteiger partial charge in [-0.15, -0.1) is 0 Å². The summed E-state index contributed by atoms with van der Waals surface area (Å²) >= 11 is 0. The summed E-state index contributed by atoms with van der Waals surface area (Å²) in [7, 11) is 3.17. The lowest BCUT2D eigenvalue weighted by Gasteiger charge is -2.07. The van der Waals surface area contributed by atoms with Gasteiger partial charge in [0.25, 0.3) is 0 Å². The smallest absolute Gasteiger partial charge is 0.235 e. The predicted octanol–water partition coefficient (Wildman–Crippen LogP) is 5.76. The number of ether oxygens (including phenoxy) is 2. The number of methoxy groups -OCH3 is 2. The molecule has 4 N–H and O–H groups in total. The zero-order chi connectivity index (χ0) is 30.0. The molecule has 0 aliphatic rings. The molecule has 6 aromatic rings. The Kier molecular flexibility index (Phi) is 7.44. The third-order valence-electron chi connectivity index (χ3n) is 6.38. The molecular formula is C32H24O10. The fraction of sp³-hybridized carbons (Fsp3) is 0.0625. The van der Waals surface area contributed by atoms with Crippen molar-refractivity contribution in [2.75, 3.05) is 14.2 Å². The van der Waals surface area contributed by atoms with Gasteiger partial charge in [-0.05, 0) is 54.6 Å². The van der Waals surface area contributed by atoms with Gasteiger partial charge < -0.3 is 38.7 Å². The maximum Gasteiger partial charge on any atom is 0.235 e. The highest BCUT2D eigenvalue weighted by Crippen LogP contribution is 2.35. The molecule has 0 aliphatic carbocycles. The lowest BCUT2D eigenvalue weighted by atomic mass is 10.1. The van der Waals surface area contributed by atoms with Crippen molar-refractivity contribution < 1.29 is 38.7 Å². The van der Waals surface area contributed by atoms with Crippen LogP contribution in [0.3, 0.4) is 0 Å². The summed E-state index contributed by atoms with van der Waals surface area (Å²) in [6.45, 7) is 0. The highest BCUT2D eigenvalue weighted by atomic mass is 16.5. The topological polar surface area (TPSA) is 160 Å². The van der Waals surface area contributed by atoms with E-state index in [4.69, 9.17) is 18.3 Å². The summed E-state index contributed by atoms with van der Waals surface area (Å²) in [6.07, 6.45) is 0. The molecule has 10 heteroatoms. The Labute approximate surface area is 237 Å². The molecule has 4 aromatic carbocycles. The van der Waals surface area contributed by atoms with E-state index < -0.39 is 16.9 Å². The van der Waals surface area contributed by atoms with Crippen LogP contribution in [0.1, 0.15) is 0 Å². The maximum absolute atomic E-state index is 12.2. The van der Waals surface area contributed by atoms with E-state index in [1.54, 1.807) is 32.4 Å². The Balaban J connectivity index is 0.000000168. The maximum atomic E-state index is 12.2. The van der Waals surface area contributed by atoms with Crippen molar-refractivity contribution in [3.8, 4) is 57.1 Å². The Morgan fingerprint density at radius 1 is 0.619 bits per heavy atom. The number of rotatable bonds is 4. The first-order chi connectivity index (χ1) is 20.2. The second-order valence-corrected chi connectivity index (χ2v) is 9.06. The normalized spacial score (nSPS) is 10.7. The first-order valence-corrected chi connectivity index (χ1v) is 12.5. The van der Waals surface area contributed by atoms with Crippen LogP contribution in [-0.4, -0.2) is 34.6 Å². The Bertz CT molecular complexity index is 2060. The van der Waals surface area contributed by atoms with Gasteiger partial charge in [-0.2, -0.15) is 0 Å². The van der Waals surface area contributed by atoms with Crippen molar-refractivity contribution in [2.24, 2.45) is 0 Å². The van der Waals surface area contributed by atoms with Gasteiger partial charge in [0.2, 0.25) is 11.2 Å². The minimum absolute atomic E-state index is 0.0864. The first kappa shape index (κ1) is 27.7. The average molecular weight is 569 g/mol.